The number of rotatable bonds is 8. The molecule has 0 atom stereocenters. The van der Waals surface area contributed by atoms with Crippen molar-refractivity contribution in [3.05, 3.63) is 67.0 Å². The number of fused-ring (bicyclic) bond motifs is 1. The second-order valence-electron chi connectivity index (χ2n) is 6.61. The summed E-state index contributed by atoms with van der Waals surface area (Å²) < 4.78 is 33.3. The predicted molar refractivity (Wildman–Crippen MR) is 112 cm³/mol. The number of aryl methyl sites for hydroxylation is 1. The number of hydrogen-bond acceptors (Lipinski definition) is 6. The molecular formula is C22H21FN4O3. The molecule has 0 saturated heterocycles. The van der Waals surface area contributed by atoms with Crippen molar-refractivity contribution in [2.45, 2.75) is 13.0 Å². The van der Waals surface area contributed by atoms with Crippen molar-refractivity contribution < 1.29 is 18.6 Å². The molecule has 2 heterocycles. The minimum atomic E-state index is -0.572. The third-order valence-electron chi connectivity index (χ3n) is 4.53. The van der Waals surface area contributed by atoms with Gasteiger partial charge in [-0.3, -0.25) is 0 Å². The molecule has 2 aromatic heterocycles. The lowest BCUT2D eigenvalue weighted by Gasteiger charge is -2.14. The standard InChI is InChI=1S/C22H21FN4O3/c1-28-20-13-18-16(12-21(20)29-10-4-9-27-7-2-3-8-27)22(26-14-25-18)30-19-6-5-15(24)11-17(19)23/h2-3,5-8,11-14H,4,9-10,24H2,1H3. The summed E-state index contributed by atoms with van der Waals surface area (Å²) in [6, 6.07) is 11.7. The average Bonchev–Trinajstić information content (AvgIpc) is 3.26. The van der Waals surface area contributed by atoms with E-state index in [-0.39, 0.29) is 11.6 Å². The van der Waals surface area contributed by atoms with Crippen molar-refractivity contribution in [3.63, 3.8) is 0 Å². The maximum absolute atomic E-state index is 14.2. The number of benzene rings is 2. The molecule has 0 bridgehead atoms. The Morgan fingerprint density at radius 3 is 2.63 bits per heavy atom. The summed E-state index contributed by atoms with van der Waals surface area (Å²) in [7, 11) is 1.57. The Kier molecular flexibility index (Phi) is 5.65. The van der Waals surface area contributed by atoms with Gasteiger partial charge < -0.3 is 24.5 Å². The molecular weight excluding hydrogens is 387 g/mol. The van der Waals surface area contributed by atoms with E-state index in [2.05, 4.69) is 14.5 Å². The largest absolute Gasteiger partial charge is 0.493 e. The van der Waals surface area contributed by atoms with Gasteiger partial charge >= 0.3 is 0 Å². The molecule has 7 nitrogen and oxygen atoms in total. The fourth-order valence-electron chi connectivity index (χ4n) is 3.05. The average molecular weight is 408 g/mol. The number of anilines is 1. The van der Waals surface area contributed by atoms with Crippen LogP contribution in [0.25, 0.3) is 10.9 Å². The van der Waals surface area contributed by atoms with Crippen molar-refractivity contribution in [1.29, 1.82) is 0 Å². The lowest BCUT2D eigenvalue weighted by molar-refractivity contribution is 0.283. The van der Waals surface area contributed by atoms with Crippen LogP contribution in [-0.2, 0) is 6.54 Å². The first-order chi connectivity index (χ1) is 14.6. The number of halogens is 1. The smallest absolute Gasteiger partial charge is 0.230 e. The number of aromatic nitrogens is 3. The first-order valence-electron chi connectivity index (χ1n) is 9.43. The Bertz CT molecular complexity index is 1150. The molecule has 0 saturated carbocycles. The highest BCUT2D eigenvalue weighted by Crippen LogP contribution is 2.36. The maximum atomic E-state index is 14.2. The number of methoxy groups -OCH3 is 1. The summed E-state index contributed by atoms with van der Waals surface area (Å²) in [6.07, 6.45) is 6.19. The molecule has 4 rings (SSSR count). The Hall–Kier alpha value is -3.81. The van der Waals surface area contributed by atoms with E-state index in [1.807, 2.05) is 24.5 Å². The summed E-state index contributed by atoms with van der Waals surface area (Å²) in [5.74, 6) is 0.746. The zero-order valence-electron chi connectivity index (χ0n) is 16.4. The third kappa shape index (κ3) is 4.27. The highest BCUT2D eigenvalue weighted by molar-refractivity contribution is 5.87. The van der Waals surface area contributed by atoms with Crippen LogP contribution in [0.15, 0.2) is 61.2 Å². The highest BCUT2D eigenvalue weighted by Gasteiger charge is 2.14. The number of nitrogen functional groups attached to an aromatic ring is 1. The van der Waals surface area contributed by atoms with Gasteiger partial charge in [-0.2, -0.15) is 0 Å². The van der Waals surface area contributed by atoms with E-state index < -0.39 is 5.82 Å². The summed E-state index contributed by atoms with van der Waals surface area (Å²) in [5, 5.41) is 0.579. The van der Waals surface area contributed by atoms with Crippen molar-refractivity contribution in [3.8, 4) is 23.1 Å². The van der Waals surface area contributed by atoms with E-state index in [9.17, 15) is 4.39 Å². The summed E-state index contributed by atoms with van der Waals surface area (Å²) in [4.78, 5) is 8.42. The fraction of sp³-hybridized carbons (Fsp3) is 0.182. The normalized spacial score (nSPS) is 10.9. The summed E-state index contributed by atoms with van der Waals surface area (Å²) in [5.41, 5.74) is 6.50. The molecule has 2 aromatic carbocycles. The van der Waals surface area contributed by atoms with E-state index >= 15 is 0 Å². The second-order valence-corrected chi connectivity index (χ2v) is 6.61. The van der Waals surface area contributed by atoms with Crippen LogP contribution < -0.4 is 19.9 Å². The van der Waals surface area contributed by atoms with Crippen LogP contribution in [0.1, 0.15) is 6.42 Å². The summed E-state index contributed by atoms with van der Waals surface area (Å²) >= 11 is 0. The Morgan fingerprint density at radius 2 is 1.87 bits per heavy atom. The van der Waals surface area contributed by atoms with Gasteiger partial charge in [-0.1, -0.05) is 0 Å². The van der Waals surface area contributed by atoms with E-state index in [4.69, 9.17) is 19.9 Å². The van der Waals surface area contributed by atoms with Gasteiger partial charge in [0.25, 0.3) is 0 Å². The van der Waals surface area contributed by atoms with E-state index in [0.717, 1.165) is 13.0 Å². The van der Waals surface area contributed by atoms with E-state index in [0.29, 0.717) is 34.7 Å². The van der Waals surface area contributed by atoms with Crippen molar-refractivity contribution in [2.24, 2.45) is 0 Å². The van der Waals surface area contributed by atoms with Crippen LogP contribution in [0.2, 0.25) is 0 Å². The van der Waals surface area contributed by atoms with Crippen LogP contribution in [0, 0.1) is 5.82 Å². The van der Waals surface area contributed by atoms with Gasteiger partial charge in [0, 0.05) is 36.8 Å². The highest BCUT2D eigenvalue weighted by atomic mass is 19.1. The number of ether oxygens (including phenoxy) is 3. The first kappa shape index (κ1) is 19.5. The van der Waals surface area contributed by atoms with Gasteiger partial charge in [0.05, 0.1) is 24.6 Å². The number of nitrogens with zero attached hydrogens (tertiary/aromatic N) is 3. The number of hydrogen-bond donors (Lipinski definition) is 1. The van der Waals surface area contributed by atoms with Crippen molar-refractivity contribution in [2.75, 3.05) is 19.5 Å². The molecule has 0 amide bonds. The molecule has 2 N–H and O–H groups in total. The zero-order chi connectivity index (χ0) is 20.9. The Balaban J connectivity index is 1.58. The molecule has 0 aliphatic rings. The van der Waals surface area contributed by atoms with Gasteiger partial charge in [-0.25, -0.2) is 14.4 Å². The molecule has 8 heteroatoms. The van der Waals surface area contributed by atoms with Gasteiger partial charge in [0.1, 0.15) is 6.33 Å². The fourth-order valence-corrected chi connectivity index (χ4v) is 3.05. The second kappa shape index (κ2) is 8.69. The minimum absolute atomic E-state index is 0.0224. The monoisotopic (exact) mass is 408 g/mol. The molecule has 4 aromatic rings. The van der Waals surface area contributed by atoms with Crippen LogP contribution >= 0.6 is 0 Å². The Labute approximate surface area is 172 Å². The Morgan fingerprint density at radius 1 is 1.03 bits per heavy atom. The lowest BCUT2D eigenvalue weighted by Crippen LogP contribution is -2.04. The molecule has 0 fully saturated rings. The van der Waals surface area contributed by atoms with Crippen LogP contribution in [0.3, 0.4) is 0 Å². The SMILES string of the molecule is COc1cc2ncnc(Oc3ccc(N)cc3F)c2cc1OCCCn1cccc1. The van der Waals surface area contributed by atoms with Gasteiger partial charge in [-0.05, 0) is 36.8 Å². The van der Waals surface area contributed by atoms with Crippen LogP contribution in [-0.4, -0.2) is 28.3 Å². The molecule has 0 spiro atoms. The van der Waals surface area contributed by atoms with Gasteiger partial charge in [0.2, 0.25) is 5.88 Å². The van der Waals surface area contributed by atoms with Gasteiger partial charge in [-0.15, -0.1) is 0 Å². The number of nitrogens with two attached hydrogens (primary N) is 1. The predicted octanol–water partition coefficient (Wildman–Crippen LogP) is 4.42. The molecule has 0 radical (unpaired) electrons. The lowest BCUT2D eigenvalue weighted by atomic mass is 10.2. The minimum Gasteiger partial charge on any atom is -0.493 e. The summed E-state index contributed by atoms with van der Waals surface area (Å²) in [6.45, 7) is 1.34. The molecule has 0 unspecified atom stereocenters. The van der Waals surface area contributed by atoms with Crippen LogP contribution in [0.4, 0.5) is 10.1 Å². The van der Waals surface area contributed by atoms with Crippen molar-refractivity contribution >= 4 is 16.6 Å². The van der Waals surface area contributed by atoms with E-state index in [1.165, 1.54) is 18.5 Å². The molecule has 30 heavy (non-hydrogen) atoms. The van der Waals surface area contributed by atoms with E-state index in [1.54, 1.807) is 25.3 Å². The zero-order valence-corrected chi connectivity index (χ0v) is 16.4. The quantitative estimate of drug-likeness (QED) is 0.343. The topological polar surface area (TPSA) is 84.4 Å². The van der Waals surface area contributed by atoms with Crippen LogP contribution in [0.5, 0.6) is 23.1 Å². The molecule has 0 aliphatic carbocycles. The molecule has 0 aliphatic heterocycles. The van der Waals surface area contributed by atoms with Gasteiger partial charge in [0.15, 0.2) is 23.1 Å². The van der Waals surface area contributed by atoms with Crippen molar-refractivity contribution in [1.82, 2.24) is 14.5 Å². The molecule has 154 valence electrons. The third-order valence-corrected chi connectivity index (χ3v) is 4.53. The first-order valence-corrected chi connectivity index (χ1v) is 9.43. The maximum Gasteiger partial charge on any atom is 0.230 e.